The Bertz CT molecular complexity index is 1050. The molecule has 0 saturated carbocycles. The Labute approximate surface area is 202 Å². The number of carbonyl (C=O) groups is 2. The summed E-state index contributed by atoms with van der Waals surface area (Å²) >= 11 is 12.5. The number of ether oxygens (including phenoxy) is 4. The average molecular weight is 498 g/mol. The molecule has 178 valence electrons. The summed E-state index contributed by atoms with van der Waals surface area (Å²) in [5.41, 5.74) is 0.429. The highest BCUT2D eigenvalue weighted by atomic mass is 35.5. The second-order valence-electron chi connectivity index (χ2n) is 6.53. The number of amides is 1. The van der Waals surface area contributed by atoms with E-state index in [0.717, 1.165) is 0 Å². The number of azo groups is 1. The van der Waals surface area contributed by atoms with Crippen molar-refractivity contribution in [3.8, 4) is 23.0 Å². The quantitative estimate of drug-likeness (QED) is 0.324. The number of ketones is 1. The fraction of sp³-hybridized carbons (Fsp3) is 0.364. The van der Waals surface area contributed by atoms with Crippen molar-refractivity contribution in [2.24, 2.45) is 10.2 Å². The standard InChI is InChI=1S/C22H25Cl2N3O6/c1-6-32-14-9-16(24)21(33-7-2)17(11-14)25-22(29)19(12(3)28)27-26-18-10-13(30-4)8-15(23)20(18)31-5/h8-11,19H,6-7H2,1-5H3,(H,25,29). The Kier molecular flexibility index (Phi) is 9.74. The van der Waals surface area contributed by atoms with Crippen molar-refractivity contribution in [3.63, 3.8) is 0 Å². The van der Waals surface area contributed by atoms with Gasteiger partial charge in [0.1, 0.15) is 17.2 Å². The third-order valence-corrected chi connectivity index (χ3v) is 4.79. The van der Waals surface area contributed by atoms with E-state index in [0.29, 0.717) is 24.7 Å². The fourth-order valence-electron chi connectivity index (χ4n) is 2.79. The van der Waals surface area contributed by atoms with E-state index in [1.54, 1.807) is 25.1 Å². The summed E-state index contributed by atoms with van der Waals surface area (Å²) in [5.74, 6) is 0.0367. The third kappa shape index (κ3) is 6.72. The number of rotatable bonds is 11. The molecule has 1 amide bonds. The first kappa shape index (κ1) is 26.2. The van der Waals surface area contributed by atoms with Crippen LogP contribution in [0.3, 0.4) is 0 Å². The molecular formula is C22H25Cl2N3O6. The number of carbonyl (C=O) groups excluding carboxylic acids is 2. The average Bonchev–Trinajstić information content (AvgIpc) is 2.76. The first-order valence-corrected chi connectivity index (χ1v) is 10.7. The number of benzene rings is 2. The minimum Gasteiger partial charge on any atom is -0.497 e. The summed E-state index contributed by atoms with van der Waals surface area (Å²) < 4.78 is 21.4. The van der Waals surface area contributed by atoms with Gasteiger partial charge in [-0.2, -0.15) is 10.2 Å². The molecule has 1 N–H and O–H groups in total. The number of hydrogen-bond acceptors (Lipinski definition) is 8. The lowest BCUT2D eigenvalue weighted by atomic mass is 10.2. The van der Waals surface area contributed by atoms with E-state index in [2.05, 4.69) is 15.5 Å². The summed E-state index contributed by atoms with van der Waals surface area (Å²) in [6.07, 6.45) is 0. The van der Waals surface area contributed by atoms with Gasteiger partial charge < -0.3 is 24.3 Å². The van der Waals surface area contributed by atoms with Gasteiger partial charge in [0.2, 0.25) is 6.04 Å². The van der Waals surface area contributed by atoms with Crippen LogP contribution >= 0.6 is 23.2 Å². The summed E-state index contributed by atoms with van der Waals surface area (Å²) in [5, 5.41) is 11.1. The van der Waals surface area contributed by atoms with Crippen molar-refractivity contribution in [3.05, 3.63) is 34.3 Å². The lowest BCUT2D eigenvalue weighted by Crippen LogP contribution is -2.32. The minimum absolute atomic E-state index is 0.192. The molecule has 1 unspecified atom stereocenters. The Hall–Kier alpha value is -3.04. The minimum atomic E-state index is -1.45. The topological polar surface area (TPSA) is 108 Å². The molecule has 9 nitrogen and oxygen atoms in total. The van der Waals surface area contributed by atoms with Crippen molar-refractivity contribution >= 4 is 46.3 Å². The van der Waals surface area contributed by atoms with Gasteiger partial charge in [0, 0.05) is 24.3 Å². The predicted octanol–water partition coefficient (Wildman–Crippen LogP) is 5.49. The molecule has 0 aliphatic heterocycles. The number of nitrogens with zero attached hydrogens (tertiary/aromatic N) is 2. The number of methoxy groups -OCH3 is 2. The van der Waals surface area contributed by atoms with Gasteiger partial charge in [0.15, 0.2) is 17.3 Å². The van der Waals surface area contributed by atoms with Crippen LogP contribution in [-0.4, -0.2) is 45.2 Å². The summed E-state index contributed by atoms with van der Waals surface area (Å²) in [6.45, 7) is 5.52. The van der Waals surface area contributed by atoms with Crippen LogP contribution < -0.4 is 24.3 Å². The van der Waals surface area contributed by atoms with Crippen LogP contribution in [0, 0.1) is 0 Å². The van der Waals surface area contributed by atoms with Crippen molar-refractivity contribution in [1.29, 1.82) is 0 Å². The van der Waals surface area contributed by atoms with E-state index in [9.17, 15) is 9.59 Å². The zero-order valence-corrected chi connectivity index (χ0v) is 20.4. The molecule has 0 bridgehead atoms. The first-order valence-electron chi connectivity index (χ1n) is 9.98. The molecule has 0 saturated heterocycles. The fourth-order valence-corrected chi connectivity index (χ4v) is 3.34. The Morgan fingerprint density at radius 3 is 2.15 bits per heavy atom. The highest BCUT2D eigenvalue weighted by Crippen LogP contribution is 2.40. The predicted molar refractivity (Wildman–Crippen MR) is 126 cm³/mol. The molecule has 2 rings (SSSR count). The third-order valence-electron chi connectivity index (χ3n) is 4.23. The molecule has 0 aromatic heterocycles. The first-order chi connectivity index (χ1) is 15.7. The van der Waals surface area contributed by atoms with Crippen LogP contribution in [-0.2, 0) is 9.59 Å². The Balaban J connectivity index is 2.39. The molecule has 0 heterocycles. The molecule has 11 heteroatoms. The van der Waals surface area contributed by atoms with Crippen molar-refractivity contribution in [2.75, 3.05) is 32.8 Å². The summed E-state index contributed by atoms with van der Waals surface area (Å²) in [7, 11) is 2.87. The van der Waals surface area contributed by atoms with Gasteiger partial charge in [-0.1, -0.05) is 23.2 Å². The maximum atomic E-state index is 12.9. The van der Waals surface area contributed by atoms with E-state index in [4.69, 9.17) is 42.1 Å². The molecule has 0 radical (unpaired) electrons. The van der Waals surface area contributed by atoms with Crippen LogP contribution in [0.1, 0.15) is 20.8 Å². The molecule has 2 aromatic rings. The highest BCUT2D eigenvalue weighted by Gasteiger charge is 2.26. The van der Waals surface area contributed by atoms with Gasteiger partial charge in [-0.15, -0.1) is 0 Å². The maximum Gasteiger partial charge on any atom is 0.258 e. The van der Waals surface area contributed by atoms with Gasteiger partial charge in [-0.25, -0.2) is 0 Å². The lowest BCUT2D eigenvalue weighted by molar-refractivity contribution is -0.126. The molecule has 2 aromatic carbocycles. The van der Waals surface area contributed by atoms with E-state index < -0.39 is 17.7 Å². The van der Waals surface area contributed by atoms with E-state index in [1.807, 2.05) is 6.92 Å². The van der Waals surface area contributed by atoms with Gasteiger partial charge >= 0.3 is 0 Å². The number of nitrogens with one attached hydrogen (secondary N) is 1. The van der Waals surface area contributed by atoms with Crippen LogP contribution in [0.5, 0.6) is 23.0 Å². The van der Waals surface area contributed by atoms with Crippen molar-refractivity contribution in [2.45, 2.75) is 26.8 Å². The molecule has 0 spiro atoms. The summed E-state index contributed by atoms with van der Waals surface area (Å²) in [6, 6.07) is 4.73. The largest absolute Gasteiger partial charge is 0.497 e. The monoisotopic (exact) mass is 497 g/mol. The molecule has 1 atom stereocenters. The number of anilines is 1. The molecule has 0 aliphatic rings. The van der Waals surface area contributed by atoms with Crippen molar-refractivity contribution in [1.82, 2.24) is 0 Å². The SMILES string of the molecule is CCOc1cc(Cl)c(OCC)c(NC(=O)C(N=Nc2cc(OC)cc(Cl)c2OC)C(C)=O)c1. The van der Waals surface area contributed by atoms with Crippen molar-refractivity contribution < 1.29 is 28.5 Å². The smallest absolute Gasteiger partial charge is 0.258 e. The van der Waals surface area contributed by atoms with Crippen LogP contribution in [0.15, 0.2) is 34.5 Å². The van der Waals surface area contributed by atoms with Crippen LogP contribution in [0.4, 0.5) is 11.4 Å². The van der Waals surface area contributed by atoms with E-state index in [-0.39, 0.29) is 32.9 Å². The zero-order chi connectivity index (χ0) is 24.5. The second kappa shape index (κ2) is 12.3. The highest BCUT2D eigenvalue weighted by molar-refractivity contribution is 6.33. The van der Waals surface area contributed by atoms with Gasteiger partial charge in [-0.05, 0) is 20.8 Å². The molecule has 0 aliphatic carbocycles. The van der Waals surface area contributed by atoms with Gasteiger partial charge in [-0.3, -0.25) is 9.59 Å². The molecular weight excluding hydrogens is 473 g/mol. The molecule has 0 fully saturated rings. The number of Topliss-reactive ketones (excluding diaryl/α,β-unsaturated/α-hetero) is 1. The van der Waals surface area contributed by atoms with E-state index >= 15 is 0 Å². The molecule has 33 heavy (non-hydrogen) atoms. The zero-order valence-electron chi connectivity index (χ0n) is 18.9. The van der Waals surface area contributed by atoms with E-state index in [1.165, 1.54) is 27.2 Å². The van der Waals surface area contributed by atoms with Crippen LogP contribution in [0.25, 0.3) is 0 Å². The maximum absolute atomic E-state index is 12.9. The summed E-state index contributed by atoms with van der Waals surface area (Å²) in [4.78, 5) is 25.2. The number of hydrogen-bond donors (Lipinski definition) is 1. The Morgan fingerprint density at radius 1 is 0.939 bits per heavy atom. The normalized spacial score (nSPS) is 11.7. The lowest BCUT2D eigenvalue weighted by Gasteiger charge is -2.16. The van der Waals surface area contributed by atoms with Crippen LogP contribution in [0.2, 0.25) is 10.0 Å². The Morgan fingerprint density at radius 2 is 1.58 bits per heavy atom. The number of halogens is 2. The van der Waals surface area contributed by atoms with Gasteiger partial charge in [0.25, 0.3) is 5.91 Å². The second-order valence-corrected chi connectivity index (χ2v) is 7.34. The van der Waals surface area contributed by atoms with Gasteiger partial charge in [0.05, 0.1) is 43.2 Å².